The highest BCUT2D eigenvalue weighted by atomic mass is 16.6. The van der Waals surface area contributed by atoms with Crippen LogP contribution in [0.1, 0.15) is 25.5 Å². The summed E-state index contributed by atoms with van der Waals surface area (Å²) < 4.78 is 6.48. The summed E-state index contributed by atoms with van der Waals surface area (Å²) in [5, 5.41) is 24.7. The molecule has 1 aromatic heterocycles. The Morgan fingerprint density at radius 1 is 1.50 bits per heavy atom. The SMILES string of the molecule is COc1ccc(-c2nn(C(C)C)c(N)c2C#N)cc1[N+](=O)[O-]. The lowest BCUT2D eigenvalue weighted by molar-refractivity contribution is -0.385. The Balaban J connectivity index is 2.67. The van der Waals surface area contributed by atoms with Crippen molar-refractivity contribution in [3.8, 4) is 23.1 Å². The Labute approximate surface area is 126 Å². The van der Waals surface area contributed by atoms with E-state index in [9.17, 15) is 15.4 Å². The summed E-state index contributed by atoms with van der Waals surface area (Å²) in [6.45, 7) is 3.76. The third-order valence-corrected chi connectivity index (χ3v) is 3.20. The highest BCUT2D eigenvalue weighted by molar-refractivity contribution is 5.75. The third kappa shape index (κ3) is 2.44. The van der Waals surface area contributed by atoms with E-state index in [-0.39, 0.29) is 28.9 Å². The van der Waals surface area contributed by atoms with Crippen LogP contribution in [0.5, 0.6) is 5.75 Å². The fourth-order valence-electron chi connectivity index (χ4n) is 2.13. The molecule has 22 heavy (non-hydrogen) atoms. The van der Waals surface area contributed by atoms with E-state index in [0.29, 0.717) is 11.3 Å². The molecule has 2 rings (SSSR count). The van der Waals surface area contributed by atoms with E-state index in [0.717, 1.165) is 0 Å². The highest BCUT2D eigenvalue weighted by Gasteiger charge is 2.22. The molecule has 0 aliphatic carbocycles. The zero-order chi connectivity index (χ0) is 16.4. The lowest BCUT2D eigenvalue weighted by Gasteiger charge is -2.06. The van der Waals surface area contributed by atoms with Crippen molar-refractivity contribution in [1.82, 2.24) is 9.78 Å². The Morgan fingerprint density at radius 3 is 2.68 bits per heavy atom. The minimum Gasteiger partial charge on any atom is -0.490 e. The molecule has 0 bridgehead atoms. The molecule has 0 radical (unpaired) electrons. The standard InChI is InChI=1S/C14H15N5O3/c1-8(2)18-14(16)10(7-15)13(17-18)9-4-5-12(22-3)11(6-9)19(20)21/h4-6,8H,16H2,1-3H3. The van der Waals surface area contributed by atoms with Gasteiger partial charge in [-0.05, 0) is 26.0 Å². The number of nitrogens with zero attached hydrogens (tertiary/aromatic N) is 4. The van der Waals surface area contributed by atoms with Gasteiger partial charge in [-0.1, -0.05) is 0 Å². The van der Waals surface area contributed by atoms with Gasteiger partial charge in [-0.2, -0.15) is 10.4 Å². The number of benzene rings is 1. The molecule has 0 fully saturated rings. The largest absolute Gasteiger partial charge is 0.490 e. The smallest absolute Gasteiger partial charge is 0.311 e. The molecular formula is C14H15N5O3. The average Bonchev–Trinajstić information content (AvgIpc) is 2.83. The van der Waals surface area contributed by atoms with Crippen molar-refractivity contribution in [2.45, 2.75) is 19.9 Å². The highest BCUT2D eigenvalue weighted by Crippen LogP contribution is 2.34. The van der Waals surface area contributed by atoms with Gasteiger partial charge < -0.3 is 10.5 Å². The topological polar surface area (TPSA) is 120 Å². The number of anilines is 1. The fraction of sp³-hybridized carbons (Fsp3) is 0.286. The normalized spacial score (nSPS) is 10.5. The maximum atomic E-state index is 11.1. The summed E-state index contributed by atoms with van der Waals surface area (Å²) in [6.07, 6.45) is 0. The van der Waals surface area contributed by atoms with Gasteiger partial charge in [-0.3, -0.25) is 10.1 Å². The first-order valence-corrected chi connectivity index (χ1v) is 6.51. The van der Waals surface area contributed by atoms with Gasteiger partial charge in [0.15, 0.2) is 5.75 Å². The number of hydrogen-bond acceptors (Lipinski definition) is 6. The molecule has 0 aliphatic heterocycles. The van der Waals surface area contributed by atoms with Crippen LogP contribution >= 0.6 is 0 Å². The molecule has 0 unspecified atom stereocenters. The quantitative estimate of drug-likeness (QED) is 0.684. The Bertz CT molecular complexity index is 774. The van der Waals surface area contributed by atoms with Gasteiger partial charge in [-0.25, -0.2) is 4.68 Å². The molecule has 2 N–H and O–H groups in total. The van der Waals surface area contributed by atoms with Crippen molar-refractivity contribution < 1.29 is 9.66 Å². The first kappa shape index (κ1) is 15.3. The lowest BCUT2D eigenvalue weighted by atomic mass is 10.1. The van der Waals surface area contributed by atoms with Crippen LogP contribution in [-0.4, -0.2) is 21.8 Å². The maximum absolute atomic E-state index is 11.1. The molecule has 0 atom stereocenters. The van der Waals surface area contributed by atoms with Crippen LogP contribution in [-0.2, 0) is 0 Å². The van der Waals surface area contributed by atoms with Crippen molar-refractivity contribution in [1.29, 1.82) is 5.26 Å². The summed E-state index contributed by atoms with van der Waals surface area (Å²) in [4.78, 5) is 10.6. The zero-order valence-electron chi connectivity index (χ0n) is 12.4. The second kappa shape index (κ2) is 5.73. The predicted molar refractivity (Wildman–Crippen MR) is 80.4 cm³/mol. The van der Waals surface area contributed by atoms with Crippen molar-refractivity contribution in [3.63, 3.8) is 0 Å². The van der Waals surface area contributed by atoms with Gasteiger partial charge >= 0.3 is 5.69 Å². The first-order valence-electron chi connectivity index (χ1n) is 6.51. The van der Waals surface area contributed by atoms with E-state index >= 15 is 0 Å². The van der Waals surface area contributed by atoms with Crippen molar-refractivity contribution in [3.05, 3.63) is 33.9 Å². The second-order valence-electron chi connectivity index (χ2n) is 4.90. The number of nitriles is 1. The van der Waals surface area contributed by atoms with Crippen LogP contribution in [0.15, 0.2) is 18.2 Å². The molecular weight excluding hydrogens is 286 g/mol. The van der Waals surface area contributed by atoms with Gasteiger partial charge in [0.05, 0.1) is 12.0 Å². The Kier molecular flexibility index (Phi) is 3.99. The van der Waals surface area contributed by atoms with Crippen molar-refractivity contribution >= 4 is 11.5 Å². The molecule has 8 heteroatoms. The molecule has 114 valence electrons. The van der Waals surface area contributed by atoms with Crippen LogP contribution in [0.25, 0.3) is 11.3 Å². The number of methoxy groups -OCH3 is 1. The van der Waals surface area contributed by atoms with Crippen molar-refractivity contribution in [2.75, 3.05) is 12.8 Å². The molecule has 0 saturated carbocycles. The molecule has 0 spiro atoms. The van der Waals surface area contributed by atoms with Gasteiger partial charge in [0, 0.05) is 17.7 Å². The van der Waals surface area contributed by atoms with Crippen LogP contribution in [0.4, 0.5) is 11.5 Å². The summed E-state index contributed by atoms with van der Waals surface area (Å²) in [7, 11) is 1.36. The lowest BCUT2D eigenvalue weighted by Crippen LogP contribution is -2.07. The molecule has 0 amide bonds. The zero-order valence-corrected chi connectivity index (χ0v) is 12.4. The van der Waals surface area contributed by atoms with Crippen molar-refractivity contribution in [2.24, 2.45) is 0 Å². The number of nitro groups is 1. The number of nitrogens with two attached hydrogens (primary N) is 1. The minimum atomic E-state index is -0.544. The predicted octanol–water partition coefficient (Wildman–Crippen LogP) is 2.50. The van der Waals surface area contributed by atoms with E-state index in [2.05, 4.69) is 5.10 Å². The molecule has 2 aromatic rings. The summed E-state index contributed by atoms with van der Waals surface area (Å²) in [5.41, 5.74) is 6.69. The number of nitrogen functional groups attached to an aromatic ring is 1. The fourth-order valence-corrected chi connectivity index (χ4v) is 2.13. The summed E-state index contributed by atoms with van der Waals surface area (Å²) in [5.74, 6) is 0.384. The second-order valence-corrected chi connectivity index (χ2v) is 4.90. The number of ether oxygens (including phenoxy) is 1. The van der Waals surface area contributed by atoms with Crippen LogP contribution in [0, 0.1) is 21.4 Å². The average molecular weight is 301 g/mol. The molecule has 1 heterocycles. The van der Waals surface area contributed by atoms with E-state index in [4.69, 9.17) is 10.5 Å². The minimum absolute atomic E-state index is 0.0333. The molecule has 0 saturated heterocycles. The maximum Gasteiger partial charge on any atom is 0.311 e. The van der Waals surface area contributed by atoms with E-state index in [1.807, 2.05) is 19.9 Å². The molecule has 1 aromatic carbocycles. The number of nitro benzene ring substituents is 1. The van der Waals surface area contributed by atoms with Crippen LogP contribution in [0.3, 0.4) is 0 Å². The van der Waals surface area contributed by atoms with E-state index < -0.39 is 4.92 Å². The van der Waals surface area contributed by atoms with Gasteiger partial charge in [-0.15, -0.1) is 0 Å². The van der Waals surface area contributed by atoms with E-state index in [1.54, 1.807) is 6.07 Å². The molecule has 8 nitrogen and oxygen atoms in total. The van der Waals surface area contributed by atoms with Crippen LogP contribution in [0.2, 0.25) is 0 Å². The molecule has 0 aliphatic rings. The van der Waals surface area contributed by atoms with Gasteiger partial charge in [0.25, 0.3) is 0 Å². The number of hydrogen-bond donors (Lipinski definition) is 1. The summed E-state index contributed by atoms with van der Waals surface area (Å²) >= 11 is 0. The summed E-state index contributed by atoms with van der Waals surface area (Å²) in [6, 6.07) is 6.38. The number of rotatable bonds is 4. The van der Waals surface area contributed by atoms with Gasteiger partial charge in [0.1, 0.15) is 23.1 Å². The first-order chi connectivity index (χ1) is 10.4. The van der Waals surface area contributed by atoms with E-state index in [1.165, 1.54) is 23.9 Å². The van der Waals surface area contributed by atoms with Crippen LogP contribution < -0.4 is 10.5 Å². The third-order valence-electron chi connectivity index (χ3n) is 3.20. The monoisotopic (exact) mass is 301 g/mol. The Hall–Kier alpha value is -3.08. The van der Waals surface area contributed by atoms with Gasteiger partial charge in [0.2, 0.25) is 0 Å². The Morgan fingerprint density at radius 2 is 2.18 bits per heavy atom. The number of aromatic nitrogens is 2.